The second kappa shape index (κ2) is 6.30. The molecule has 0 aromatic heterocycles. The molecule has 0 saturated heterocycles. The van der Waals surface area contributed by atoms with Crippen LogP contribution < -0.4 is 15.8 Å². The Kier molecular flexibility index (Phi) is 4.48. The Balaban J connectivity index is 2.09. The fraction of sp³-hybridized carbons (Fsp3) is 0.133. The molecular weight excluding hydrogens is 276 g/mol. The van der Waals surface area contributed by atoms with Gasteiger partial charge in [0.15, 0.2) is 0 Å². The molecule has 1 amide bonds. The summed E-state index contributed by atoms with van der Waals surface area (Å²) in [4.78, 5) is 12.1. The van der Waals surface area contributed by atoms with Crippen molar-refractivity contribution in [2.45, 2.75) is 6.54 Å². The first-order valence-electron chi connectivity index (χ1n) is 6.07. The number of para-hydroxylation sites is 1. The molecule has 20 heavy (non-hydrogen) atoms. The molecule has 0 heterocycles. The molecule has 0 aliphatic heterocycles. The van der Waals surface area contributed by atoms with Gasteiger partial charge in [-0.1, -0.05) is 29.8 Å². The van der Waals surface area contributed by atoms with Crippen LogP contribution in [-0.4, -0.2) is 13.0 Å². The van der Waals surface area contributed by atoms with Gasteiger partial charge in [-0.3, -0.25) is 4.79 Å². The number of nitrogens with one attached hydrogen (secondary N) is 1. The van der Waals surface area contributed by atoms with Gasteiger partial charge in [0, 0.05) is 11.6 Å². The highest BCUT2D eigenvalue weighted by Crippen LogP contribution is 2.24. The summed E-state index contributed by atoms with van der Waals surface area (Å²) in [5.74, 6) is 0.238. The molecule has 0 atom stereocenters. The molecule has 2 rings (SSSR count). The number of amides is 1. The molecule has 2 aromatic carbocycles. The van der Waals surface area contributed by atoms with Crippen molar-refractivity contribution in [2.24, 2.45) is 0 Å². The van der Waals surface area contributed by atoms with Crippen LogP contribution in [0.4, 0.5) is 5.69 Å². The van der Waals surface area contributed by atoms with E-state index in [2.05, 4.69) is 5.32 Å². The van der Waals surface area contributed by atoms with Crippen LogP contribution in [0.1, 0.15) is 15.9 Å². The van der Waals surface area contributed by atoms with Crippen LogP contribution in [0.3, 0.4) is 0 Å². The first kappa shape index (κ1) is 14.2. The van der Waals surface area contributed by atoms with Crippen molar-refractivity contribution in [3.05, 3.63) is 58.6 Å². The number of nitrogens with two attached hydrogens (primary N) is 1. The number of halogens is 1. The summed E-state index contributed by atoms with van der Waals surface area (Å²) < 4.78 is 5.09. The maximum Gasteiger partial charge on any atom is 0.253 e. The Bertz CT molecular complexity index is 629. The summed E-state index contributed by atoms with van der Waals surface area (Å²) in [5, 5.41) is 3.44. The number of hydrogen-bond donors (Lipinski definition) is 2. The van der Waals surface area contributed by atoms with E-state index in [1.807, 2.05) is 12.1 Å². The van der Waals surface area contributed by atoms with Crippen molar-refractivity contribution in [1.29, 1.82) is 0 Å². The molecule has 104 valence electrons. The van der Waals surface area contributed by atoms with Gasteiger partial charge >= 0.3 is 0 Å². The molecule has 0 radical (unpaired) electrons. The number of carbonyl (C=O) groups is 1. The van der Waals surface area contributed by atoms with Crippen molar-refractivity contribution in [3.63, 3.8) is 0 Å². The normalized spacial score (nSPS) is 10.1. The third-order valence-corrected chi connectivity index (χ3v) is 3.11. The average Bonchev–Trinajstić information content (AvgIpc) is 2.45. The number of hydrogen-bond acceptors (Lipinski definition) is 3. The number of carbonyl (C=O) groups excluding carboxylic acids is 1. The molecule has 2 aromatic rings. The van der Waals surface area contributed by atoms with Gasteiger partial charge in [-0.15, -0.1) is 0 Å². The van der Waals surface area contributed by atoms with Crippen LogP contribution in [-0.2, 0) is 6.54 Å². The summed E-state index contributed by atoms with van der Waals surface area (Å²) in [5.41, 5.74) is 7.53. The van der Waals surface area contributed by atoms with Crippen molar-refractivity contribution in [3.8, 4) is 5.75 Å². The summed E-state index contributed by atoms with van der Waals surface area (Å²) in [6, 6.07) is 12.4. The molecule has 0 aliphatic rings. The average molecular weight is 291 g/mol. The third-order valence-electron chi connectivity index (χ3n) is 2.87. The number of nitrogen functional groups attached to an aromatic ring is 1. The van der Waals surface area contributed by atoms with E-state index in [1.54, 1.807) is 30.3 Å². The molecule has 5 heteroatoms. The van der Waals surface area contributed by atoms with Gasteiger partial charge in [-0.2, -0.15) is 0 Å². The molecule has 0 fully saturated rings. The monoisotopic (exact) mass is 290 g/mol. The molecule has 0 unspecified atom stereocenters. The van der Waals surface area contributed by atoms with Gasteiger partial charge in [-0.05, 0) is 29.8 Å². The number of rotatable bonds is 4. The quantitative estimate of drug-likeness (QED) is 0.851. The van der Waals surface area contributed by atoms with Crippen LogP contribution >= 0.6 is 11.6 Å². The zero-order valence-corrected chi connectivity index (χ0v) is 11.8. The Morgan fingerprint density at radius 1 is 1.30 bits per heavy atom. The lowest BCUT2D eigenvalue weighted by Gasteiger charge is -2.10. The minimum Gasteiger partial charge on any atom is -0.495 e. The van der Waals surface area contributed by atoms with Crippen LogP contribution in [0.25, 0.3) is 0 Å². The summed E-state index contributed by atoms with van der Waals surface area (Å²) >= 11 is 5.89. The smallest absolute Gasteiger partial charge is 0.253 e. The van der Waals surface area contributed by atoms with Crippen molar-refractivity contribution in [1.82, 2.24) is 5.32 Å². The Morgan fingerprint density at radius 3 is 2.75 bits per heavy atom. The lowest BCUT2D eigenvalue weighted by molar-refractivity contribution is 0.0951. The SMILES string of the molecule is COc1cccc(C(=O)NCc2cccc(Cl)c2)c1N. The molecule has 3 N–H and O–H groups in total. The Hall–Kier alpha value is -2.20. The van der Waals surface area contributed by atoms with Crippen LogP contribution in [0.15, 0.2) is 42.5 Å². The van der Waals surface area contributed by atoms with Gasteiger partial charge < -0.3 is 15.8 Å². The number of methoxy groups -OCH3 is 1. The molecule has 0 aliphatic carbocycles. The predicted octanol–water partition coefficient (Wildman–Crippen LogP) is 2.86. The highest BCUT2D eigenvalue weighted by molar-refractivity contribution is 6.30. The summed E-state index contributed by atoms with van der Waals surface area (Å²) in [6.45, 7) is 0.385. The highest BCUT2D eigenvalue weighted by atomic mass is 35.5. The number of ether oxygens (including phenoxy) is 1. The first-order chi connectivity index (χ1) is 9.61. The van der Waals surface area contributed by atoms with E-state index in [0.717, 1.165) is 5.56 Å². The second-order valence-electron chi connectivity index (χ2n) is 4.23. The molecule has 0 saturated carbocycles. The van der Waals surface area contributed by atoms with Crippen LogP contribution in [0.2, 0.25) is 5.02 Å². The van der Waals surface area contributed by atoms with Gasteiger partial charge in [-0.25, -0.2) is 0 Å². The fourth-order valence-electron chi connectivity index (χ4n) is 1.84. The van der Waals surface area contributed by atoms with Crippen molar-refractivity contribution in [2.75, 3.05) is 12.8 Å². The van der Waals surface area contributed by atoms with E-state index in [-0.39, 0.29) is 5.91 Å². The van der Waals surface area contributed by atoms with E-state index >= 15 is 0 Å². The minimum atomic E-state index is -0.249. The number of anilines is 1. The van der Waals surface area contributed by atoms with E-state index in [9.17, 15) is 4.79 Å². The second-order valence-corrected chi connectivity index (χ2v) is 4.67. The van der Waals surface area contributed by atoms with Crippen LogP contribution in [0.5, 0.6) is 5.75 Å². The van der Waals surface area contributed by atoms with Crippen molar-refractivity contribution < 1.29 is 9.53 Å². The van der Waals surface area contributed by atoms with Crippen molar-refractivity contribution >= 4 is 23.2 Å². The zero-order chi connectivity index (χ0) is 14.5. The topological polar surface area (TPSA) is 64.3 Å². The summed E-state index contributed by atoms with van der Waals surface area (Å²) in [6.07, 6.45) is 0. The van der Waals surface area contributed by atoms with E-state index in [1.165, 1.54) is 7.11 Å². The summed E-state index contributed by atoms with van der Waals surface area (Å²) in [7, 11) is 1.51. The minimum absolute atomic E-state index is 0.249. The standard InChI is InChI=1S/C15H15ClN2O2/c1-20-13-7-3-6-12(14(13)17)15(19)18-9-10-4-2-5-11(16)8-10/h2-8H,9,17H2,1H3,(H,18,19). The van der Waals surface area contributed by atoms with E-state index < -0.39 is 0 Å². The number of benzene rings is 2. The van der Waals surface area contributed by atoms with E-state index in [4.69, 9.17) is 22.1 Å². The third kappa shape index (κ3) is 3.22. The highest BCUT2D eigenvalue weighted by Gasteiger charge is 2.12. The Morgan fingerprint density at radius 2 is 2.05 bits per heavy atom. The van der Waals surface area contributed by atoms with E-state index in [0.29, 0.717) is 28.6 Å². The molecule has 0 bridgehead atoms. The van der Waals surface area contributed by atoms with Crippen LogP contribution in [0, 0.1) is 0 Å². The van der Waals surface area contributed by atoms with Gasteiger partial charge in [0.1, 0.15) is 5.75 Å². The molecule has 4 nitrogen and oxygen atoms in total. The molecular formula is C15H15ClN2O2. The lowest BCUT2D eigenvalue weighted by Crippen LogP contribution is -2.23. The zero-order valence-electron chi connectivity index (χ0n) is 11.0. The van der Waals surface area contributed by atoms with Gasteiger partial charge in [0.25, 0.3) is 5.91 Å². The van der Waals surface area contributed by atoms with Gasteiger partial charge in [0.2, 0.25) is 0 Å². The Labute approximate surface area is 122 Å². The molecule has 0 spiro atoms. The maximum absolute atomic E-state index is 12.1. The predicted molar refractivity (Wildman–Crippen MR) is 80.0 cm³/mol. The van der Waals surface area contributed by atoms with Gasteiger partial charge in [0.05, 0.1) is 18.4 Å². The lowest BCUT2D eigenvalue weighted by atomic mass is 10.1. The first-order valence-corrected chi connectivity index (χ1v) is 6.44. The fourth-order valence-corrected chi connectivity index (χ4v) is 2.06. The largest absolute Gasteiger partial charge is 0.495 e. The maximum atomic E-state index is 12.1.